The molecule has 0 spiro atoms. The van der Waals surface area contributed by atoms with Crippen LogP contribution in [0.1, 0.15) is 96.3 Å². The van der Waals surface area contributed by atoms with Crippen LogP contribution in [0.15, 0.2) is 0 Å². The van der Waals surface area contributed by atoms with Gasteiger partial charge in [-0.15, -0.1) is 0 Å². The van der Waals surface area contributed by atoms with E-state index in [4.69, 9.17) is 14.2 Å². The summed E-state index contributed by atoms with van der Waals surface area (Å²) in [5.41, 5.74) is 0. The normalized spacial score (nSPS) is 31.0. The minimum Gasteiger partial charge on any atom is -0.381 e. The largest absolute Gasteiger partial charge is 0.381 e. The molecule has 0 aromatic heterocycles. The Bertz CT molecular complexity index is 230. The molecule has 2 saturated heterocycles. The van der Waals surface area contributed by atoms with E-state index in [1.165, 1.54) is 77.0 Å². The second kappa shape index (κ2) is 14.1. The molecule has 3 nitrogen and oxygen atoms in total. The lowest BCUT2D eigenvalue weighted by atomic mass is 9.99. The van der Waals surface area contributed by atoms with Crippen molar-refractivity contribution in [3.05, 3.63) is 0 Å². The van der Waals surface area contributed by atoms with E-state index in [0.717, 1.165) is 45.7 Å². The van der Waals surface area contributed by atoms with E-state index in [9.17, 15) is 0 Å². The van der Waals surface area contributed by atoms with Crippen LogP contribution >= 0.6 is 0 Å². The van der Waals surface area contributed by atoms with Gasteiger partial charge in [0.15, 0.2) is 0 Å². The minimum absolute atomic E-state index is 0.298. The van der Waals surface area contributed by atoms with Gasteiger partial charge in [-0.3, -0.25) is 0 Å². The van der Waals surface area contributed by atoms with Crippen LogP contribution in [0, 0.1) is 0 Å². The van der Waals surface area contributed by atoms with Crippen LogP contribution in [0.3, 0.4) is 0 Å². The molecule has 0 N–H and O–H groups in total. The molecule has 142 valence electrons. The quantitative estimate of drug-likeness (QED) is 0.617. The minimum atomic E-state index is 0.298. The number of ether oxygens (including phenoxy) is 3. The monoisotopic (exact) mass is 340 g/mol. The van der Waals surface area contributed by atoms with Crippen LogP contribution in [0.25, 0.3) is 0 Å². The average Bonchev–Trinajstić information content (AvgIpc) is 2.56. The van der Waals surface area contributed by atoms with Gasteiger partial charge in [0.1, 0.15) is 0 Å². The van der Waals surface area contributed by atoms with Crippen molar-refractivity contribution in [3.8, 4) is 0 Å². The molecule has 2 unspecified atom stereocenters. The van der Waals surface area contributed by atoms with Crippen LogP contribution in [0.4, 0.5) is 0 Å². The van der Waals surface area contributed by atoms with Gasteiger partial charge in [0, 0.05) is 26.4 Å². The first kappa shape index (κ1) is 20.2. The van der Waals surface area contributed by atoms with Crippen molar-refractivity contribution >= 4 is 0 Å². The lowest BCUT2D eigenvalue weighted by molar-refractivity contribution is -0.0839. The van der Waals surface area contributed by atoms with Gasteiger partial charge in [0.05, 0.1) is 12.2 Å². The van der Waals surface area contributed by atoms with E-state index < -0.39 is 0 Å². The highest BCUT2D eigenvalue weighted by Gasteiger charge is 2.23. The number of rotatable bonds is 1. The first-order chi connectivity index (χ1) is 12.0. The molecule has 0 aromatic carbocycles. The third-order valence-corrected chi connectivity index (χ3v) is 5.42. The van der Waals surface area contributed by atoms with Crippen molar-refractivity contribution < 1.29 is 14.2 Å². The Labute approximate surface area is 149 Å². The molecule has 2 rings (SSSR count). The van der Waals surface area contributed by atoms with Crippen LogP contribution in [0.2, 0.25) is 0 Å². The number of hydrogen-bond donors (Lipinski definition) is 0. The van der Waals surface area contributed by atoms with Gasteiger partial charge in [-0.2, -0.15) is 0 Å². The van der Waals surface area contributed by atoms with Crippen LogP contribution in [-0.2, 0) is 14.2 Å². The third kappa shape index (κ3) is 9.39. The van der Waals surface area contributed by atoms with Gasteiger partial charge < -0.3 is 14.2 Å². The molecule has 2 heterocycles. The molecule has 0 aliphatic carbocycles. The summed E-state index contributed by atoms with van der Waals surface area (Å²) in [5, 5.41) is 0. The van der Waals surface area contributed by atoms with Gasteiger partial charge >= 0.3 is 0 Å². The smallest absolute Gasteiger partial charge is 0.0836 e. The standard InChI is InChI=1S/C21H40O3/c1-2-4-6-11-18-23-20(14-8-5-3-1)21-15-9-13-17-22-16-10-7-12-19-24-21/h20-21H,1-19H2. The molecule has 3 heteroatoms. The summed E-state index contributed by atoms with van der Waals surface area (Å²) in [6, 6.07) is 0. The fraction of sp³-hybridized carbons (Fsp3) is 1.00. The third-order valence-electron chi connectivity index (χ3n) is 5.42. The van der Waals surface area contributed by atoms with E-state index >= 15 is 0 Å². The van der Waals surface area contributed by atoms with Crippen LogP contribution in [-0.4, -0.2) is 38.6 Å². The fourth-order valence-corrected chi connectivity index (χ4v) is 3.87. The predicted octanol–water partition coefficient (Wildman–Crippen LogP) is 5.65. The highest BCUT2D eigenvalue weighted by Crippen LogP contribution is 2.21. The first-order valence-electron chi connectivity index (χ1n) is 10.8. The molecule has 24 heavy (non-hydrogen) atoms. The first-order valence-corrected chi connectivity index (χ1v) is 10.8. The Hall–Kier alpha value is -0.120. The second-order valence-electron chi connectivity index (χ2n) is 7.60. The Morgan fingerprint density at radius 2 is 0.750 bits per heavy atom. The molecule has 2 atom stereocenters. The molecule has 2 fully saturated rings. The lowest BCUT2D eigenvalue weighted by Gasteiger charge is -2.28. The van der Waals surface area contributed by atoms with Crippen molar-refractivity contribution in [3.63, 3.8) is 0 Å². The molecular formula is C21H40O3. The zero-order chi connectivity index (χ0) is 16.7. The maximum Gasteiger partial charge on any atom is 0.0836 e. The summed E-state index contributed by atoms with van der Waals surface area (Å²) >= 11 is 0. The fourth-order valence-electron chi connectivity index (χ4n) is 3.87. The Balaban J connectivity index is 1.82. The van der Waals surface area contributed by atoms with E-state index in [0.29, 0.717) is 12.2 Å². The average molecular weight is 341 g/mol. The summed E-state index contributed by atoms with van der Waals surface area (Å²) in [4.78, 5) is 0. The van der Waals surface area contributed by atoms with E-state index in [2.05, 4.69) is 0 Å². The Kier molecular flexibility index (Phi) is 11.9. The van der Waals surface area contributed by atoms with Gasteiger partial charge in [0.25, 0.3) is 0 Å². The van der Waals surface area contributed by atoms with Crippen molar-refractivity contribution in [2.75, 3.05) is 26.4 Å². The van der Waals surface area contributed by atoms with Gasteiger partial charge in [-0.25, -0.2) is 0 Å². The topological polar surface area (TPSA) is 27.7 Å². The second-order valence-corrected chi connectivity index (χ2v) is 7.60. The molecule has 0 saturated carbocycles. The zero-order valence-corrected chi connectivity index (χ0v) is 15.8. The molecule has 0 bridgehead atoms. The van der Waals surface area contributed by atoms with E-state index in [-0.39, 0.29) is 0 Å². The van der Waals surface area contributed by atoms with E-state index in [1.54, 1.807) is 0 Å². The highest BCUT2D eigenvalue weighted by atomic mass is 16.5. The predicted molar refractivity (Wildman–Crippen MR) is 99.6 cm³/mol. The summed E-state index contributed by atoms with van der Waals surface area (Å²) in [5.74, 6) is 0. The summed E-state index contributed by atoms with van der Waals surface area (Å²) in [7, 11) is 0. The maximum atomic E-state index is 6.32. The summed E-state index contributed by atoms with van der Waals surface area (Å²) in [6.07, 6.45) is 19.7. The SMILES string of the molecule is C1CCCCCC(C2CCCCOCCCCCO2)OCCCC1. The molecule has 2 aliphatic heterocycles. The maximum absolute atomic E-state index is 6.32. The molecule has 0 amide bonds. The zero-order valence-electron chi connectivity index (χ0n) is 15.8. The van der Waals surface area contributed by atoms with Crippen molar-refractivity contribution in [1.82, 2.24) is 0 Å². The van der Waals surface area contributed by atoms with Gasteiger partial charge in [0.2, 0.25) is 0 Å². The summed E-state index contributed by atoms with van der Waals surface area (Å²) < 4.78 is 18.3. The van der Waals surface area contributed by atoms with Crippen LogP contribution < -0.4 is 0 Å². The number of hydrogen-bond acceptors (Lipinski definition) is 3. The summed E-state index contributed by atoms with van der Waals surface area (Å²) in [6.45, 7) is 3.66. The molecule has 0 aromatic rings. The Morgan fingerprint density at radius 3 is 1.38 bits per heavy atom. The van der Waals surface area contributed by atoms with Crippen molar-refractivity contribution in [2.45, 2.75) is 109 Å². The molecule has 2 aliphatic rings. The highest BCUT2D eigenvalue weighted by molar-refractivity contribution is 4.73. The molecular weight excluding hydrogens is 300 g/mol. The lowest BCUT2D eigenvalue weighted by Crippen LogP contribution is -2.33. The van der Waals surface area contributed by atoms with E-state index in [1.807, 2.05) is 0 Å². The van der Waals surface area contributed by atoms with Crippen molar-refractivity contribution in [2.24, 2.45) is 0 Å². The molecule has 0 radical (unpaired) electrons. The van der Waals surface area contributed by atoms with Gasteiger partial charge in [-0.05, 0) is 51.4 Å². The van der Waals surface area contributed by atoms with Crippen molar-refractivity contribution in [1.29, 1.82) is 0 Å². The van der Waals surface area contributed by atoms with Gasteiger partial charge in [-0.1, -0.05) is 44.9 Å². The van der Waals surface area contributed by atoms with Crippen LogP contribution in [0.5, 0.6) is 0 Å². The Morgan fingerprint density at radius 1 is 0.375 bits per heavy atom.